The normalized spacial score (nSPS) is 10.6. The van der Waals surface area contributed by atoms with Crippen LogP contribution in [0, 0.1) is 0 Å². The summed E-state index contributed by atoms with van der Waals surface area (Å²) in [7, 11) is 0. The van der Waals surface area contributed by atoms with Crippen molar-refractivity contribution in [2.24, 2.45) is 0 Å². The molecule has 6 heteroatoms. The first kappa shape index (κ1) is 11.9. The zero-order valence-electron chi connectivity index (χ0n) is 9.59. The Morgan fingerprint density at radius 2 is 2.24 bits per heavy atom. The number of nitrogens with two attached hydrogens (primary N) is 1. The largest absolute Gasteiger partial charge is 0.384 e. The zero-order chi connectivity index (χ0) is 12.1. The minimum Gasteiger partial charge on any atom is -0.384 e. The van der Waals surface area contributed by atoms with Gasteiger partial charge in [-0.25, -0.2) is 4.98 Å². The smallest absolute Gasteiger partial charge is 0.276 e. The Kier molecular flexibility index (Phi) is 3.98. The third-order valence-electron chi connectivity index (χ3n) is 2.04. The maximum absolute atomic E-state index is 5.60. The molecule has 90 valence electrons. The minimum absolute atomic E-state index is 0.421. The van der Waals surface area contributed by atoms with E-state index in [2.05, 4.69) is 22.0 Å². The van der Waals surface area contributed by atoms with Crippen molar-refractivity contribution in [3.05, 3.63) is 24.0 Å². The van der Waals surface area contributed by atoms with E-state index in [0.29, 0.717) is 23.2 Å². The highest BCUT2D eigenvalue weighted by molar-refractivity contribution is 7.98. The van der Waals surface area contributed by atoms with E-state index >= 15 is 0 Å². The van der Waals surface area contributed by atoms with E-state index in [4.69, 9.17) is 10.3 Å². The second kappa shape index (κ2) is 5.67. The van der Waals surface area contributed by atoms with Crippen LogP contribution in [-0.4, -0.2) is 20.9 Å². The van der Waals surface area contributed by atoms with Crippen LogP contribution in [0.1, 0.15) is 19.2 Å². The second-order valence-corrected chi connectivity index (χ2v) is 4.62. The Hall–Kier alpha value is -1.56. The molecular formula is C11H14N4OS. The molecular weight excluding hydrogens is 236 g/mol. The van der Waals surface area contributed by atoms with Gasteiger partial charge in [-0.15, -0.1) is 0 Å². The molecule has 0 radical (unpaired) electrons. The van der Waals surface area contributed by atoms with Crippen molar-refractivity contribution in [1.29, 1.82) is 0 Å². The van der Waals surface area contributed by atoms with Gasteiger partial charge in [-0.05, 0) is 24.3 Å². The molecule has 0 saturated heterocycles. The summed E-state index contributed by atoms with van der Waals surface area (Å²) in [5, 5.41) is 3.91. The van der Waals surface area contributed by atoms with Crippen LogP contribution in [0.2, 0.25) is 0 Å². The first-order chi connectivity index (χ1) is 8.29. The zero-order valence-corrected chi connectivity index (χ0v) is 10.4. The number of nitrogens with zero attached hydrogens (tertiary/aromatic N) is 3. The van der Waals surface area contributed by atoms with Crippen LogP contribution in [0.5, 0.6) is 0 Å². The van der Waals surface area contributed by atoms with Gasteiger partial charge in [0.25, 0.3) is 5.89 Å². The average Bonchev–Trinajstić information content (AvgIpc) is 2.78. The molecule has 2 N–H and O–H groups in total. The summed E-state index contributed by atoms with van der Waals surface area (Å²) in [5.74, 6) is 3.43. The number of hydrogen-bond donors (Lipinski definition) is 1. The average molecular weight is 250 g/mol. The molecule has 5 nitrogen and oxygen atoms in total. The van der Waals surface area contributed by atoms with Crippen molar-refractivity contribution in [3.8, 4) is 11.6 Å². The summed E-state index contributed by atoms with van der Waals surface area (Å²) in [5.41, 5.74) is 6.21. The monoisotopic (exact) mass is 250 g/mol. The number of aromatic nitrogens is 3. The number of hydrogen-bond acceptors (Lipinski definition) is 6. The first-order valence-electron chi connectivity index (χ1n) is 5.43. The molecule has 0 aromatic carbocycles. The van der Waals surface area contributed by atoms with Crippen molar-refractivity contribution in [3.63, 3.8) is 0 Å². The van der Waals surface area contributed by atoms with E-state index in [1.54, 1.807) is 23.9 Å². The van der Waals surface area contributed by atoms with Crippen molar-refractivity contribution >= 4 is 17.6 Å². The molecule has 17 heavy (non-hydrogen) atoms. The number of thioether (sulfide) groups is 1. The first-order valence-corrected chi connectivity index (χ1v) is 6.58. The van der Waals surface area contributed by atoms with Gasteiger partial charge in [0.2, 0.25) is 0 Å². The fraction of sp³-hybridized carbons (Fsp3) is 0.364. The molecule has 0 saturated carbocycles. The SMILES string of the molecule is CCCSCc1noc(-c2cccc(N)n2)n1. The molecule has 0 amide bonds. The summed E-state index contributed by atoms with van der Waals surface area (Å²) in [6.07, 6.45) is 1.14. The third kappa shape index (κ3) is 3.20. The fourth-order valence-corrected chi connectivity index (χ4v) is 2.03. The standard InChI is InChI=1S/C11H14N4OS/c1-2-6-17-7-10-14-11(16-15-10)8-4-3-5-9(12)13-8/h3-5H,2,6-7H2,1H3,(H2,12,13). The van der Waals surface area contributed by atoms with Crippen LogP contribution >= 0.6 is 11.8 Å². The molecule has 0 fully saturated rings. The molecule has 0 aliphatic heterocycles. The molecule has 0 aliphatic carbocycles. The Labute approximate surface area is 104 Å². The van der Waals surface area contributed by atoms with Crippen LogP contribution < -0.4 is 5.73 Å². The number of rotatable bonds is 5. The molecule has 2 heterocycles. The number of anilines is 1. The summed E-state index contributed by atoms with van der Waals surface area (Å²) in [6, 6.07) is 5.33. The van der Waals surface area contributed by atoms with E-state index in [1.807, 2.05) is 6.07 Å². The van der Waals surface area contributed by atoms with Gasteiger partial charge in [0.05, 0.1) is 5.75 Å². The van der Waals surface area contributed by atoms with Crippen LogP contribution in [0.3, 0.4) is 0 Å². The predicted octanol–water partition coefficient (Wildman–Crippen LogP) is 2.36. The summed E-state index contributed by atoms with van der Waals surface area (Å²) < 4.78 is 5.14. The molecule has 2 aromatic rings. The third-order valence-corrected chi connectivity index (χ3v) is 3.20. The Morgan fingerprint density at radius 1 is 1.35 bits per heavy atom. The lowest BCUT2D eigenvalue weighted by atomic mass is 10.3. The molecule has 0 spiro atoms. The Bertz CT molecular complexity index is 486. The molecule has 2 aromatic heterocycles. The van der Waals surface area contributed by atoms with Gasteiger partial charge in [-0.1, -0.05) is 18.1 Å². The fourth-order valence-electron chi connectivity index (χ4n) is 1.30. The van der Waals surface area contributed by atoms with E-state index in [9.17, 15) is 0 Å². The van der Waals surface area contributed by atoms with Gasteiger partial charge in [-0.2, -0.15) is 16.7 Å². The maximum atomic E-state index is 5.60. The van der Waals surface area contributed by atoms with Gasteiger partial charge in [0.15, 0.2) is 5.82 Å². The number of pyridine rings is 1. The van der Waals surface area contributed by atoms with Gasteiger partial charge < -0.3 is 10.3 Å². The van der Waals surface area contributed by atoms with Crippen LogP contribution in [0.15, 0.2) is 22.7 Å². The maximum Gasteiger partial charge on any atom is 0.276 e. The van der Waals surface area contributed by atoms with Crippen molar-refractivity contribution in [1.82, 2.24) is 15.1 Å². The highest BCUT2D eigenvalue weighted by atomic mass is 32.2. The second-order valence-electron chi connectivity index (χ2n) is 3.52. The summed E-state index contributed by atoms with van der Waals surface area (Å²) in [6.45, 7) is 2.14. The van der Waals surface area contributed by atoms with Crippen LogP contribution in [0.4, 0.5) is 5.82 Å². The molecule has 0 unspecified atom stereocenters. The summed E-state index contributed by atoms with van der Waals surface area (Å²) >= 11 is 1.79. The lowest BCUT2D eigenvalue weighted by Gasteiger charge is -1.94. The number of nitrogen functional groups attached to an aromatic ring is 1. The van der Waals surface area contributed by atoms with Crippen molar-refractivity contribution < 1.29 is 4.52 Å². The lowest BCUT2D eigenvalue weighted by molar-refractivity contribution is 0.424. The Balaban J connectivity index is 2.07. The van der Waals surface area contributed by atoms with Gasteiger partial charge in [-0.3, -0.25) is 0 Å². The van der Waals surface area contributed by atoms with E-state index in [0.717, 1.165) is 17.9 Å². The Morgan fingerprint density at radius 3 is 3.00 bits per heavy atom. The van der Waals surface area contributed by atoms with E-state index in [1.165, 1.54) is 0 Å². The minimum atomic E-state index is 0.421. The predicted molar refractivity (Wildman–Crippen MR) is 68.4 cm³/mol. The van der Waals surface area contributed by atoms with Crippen molar-refractivity contribution in [2.45, 2.75) is 19.1 Å². The quantitative estimate of drug-likeness (QED) is 0.821. The van der Waals surface area contributed by atoms with Crippen molar-refractivity contribution in [2.75, 3.05) is 11.5 Å². The van der Waals surface area contributed by atoms with Gasteiger partial charge in [0.1, 0.15) is 11.5 Å². The summed E-state index contributed by atoms with van der Waals surface area (Å²) in [4.78, 5) is 8.40. The lowest BCUT2D eigenvalue weighted by Crippen LogP contribution is -1.91. The topological polar surface area (TPSA) is 77.8 Å². The molecule has 2 rings (SSSR count). The van der Waals surface area contributed by atoms with E-state index < -0.39 is 0 Å². The highest BCUT2D eigenvalue weighted by Crippen LogP contribution is 2.17. The van der Waals surface area contributed by atoms with Crippen LogP contribution in [0.25, 0.3) is 11.6 Å². The van der Waals surface area contributed by atoms with E-state index in [-0.39, 0.29) is 0 Å². The van der Waals surface area contributed by atoms with Crippen LogP contribution in [-0.2, 0) is 5.75 Å². The highest BCUT2D eigenvalue weighted by Gasteiger charge is 2.09. The van der Waals surface area contributed by atoms with Gasteiger partial charge in [0, 0.05) is 0 Å². The molecule has 0 bridgehead atoms. The molecule has 0 aliphatic rings. The van der Waals surface area contributed by atoms with Gasteiger partial charge >= 0.3 is 0 Å². The molecule has 0 atom stereocenters.